The van der Waals surface area contributed by atoms with Gasteiger partial charge in [-0.2, -0.15) is 0 Å². The summed E-state index contributed by atoms with van der Waals surface area (Å²) in [4.78, 5) is 38.5. The van der Waals surface area contributed by atoms with Crippen LogP contribution in [-0.4, -0.2) is 53.2 Å². The van der Waals surface area contributed by atoms with Gasteiger partial charge in [-0.05, 0) is 35.1 Å². The van der Waals surface area contributed by atoms with Crippen molar-refractivity contribution in [2.24, 2.45) is 5.92 Å². The predicted molar refractivity (Wildman–Crippen MR) is 131 cm³/mol. The summed E-state index contributed by atoms with van der Waals surface area (Å²) < 4.78 is 5.77. The van der Waals surface area contributed by atoms with Crippen LogP contribution in [0.3, 0.4) is 0 Å². The van der Waals surface area contributed by atoms with E-state index < -0.39 is 17.6 Å². The highest BCUT2D eigenvalue weighted by Gasteiger charge is 2.40. The molecule has 0 radical (unpaired) electrons. The molecule has 0 spiro atoms. The van der Waals surface area contributed by atoms with Gasteiger partial charge in [-0.3, -0.25) is 9.59 Å². The Bertz CT molecular complexity index is 1070. The number of alkyl carbamates (subject to hydrolysis) is 1. The molecule has 0 bridgehead atoms. The van der Waals surface area contributed by atoms with E-state index in [2.05, 4.69) is 29.6 Å². The summed E-state index contributed by atoms with van der Waals surface area (Å²) in [5.74, 6) is -0.839. The molecule has 5 rings (SSSR count). The molecule has 2 aliphatic carbocycles. The fraction of sp³-hybridized carbons (Fsp3) is 0.464. The second-order valence-electron chi connectivity index (χ2n) is 10.2. The molecule has 2 aromatic rings. The third-order valence-corrected chi connectivity index (χ3v) is 7.78. The average molecular weight is 477 g/mol. The van der Waals surface area contributed by atoms with Gasteiger partial charge in [0.1, 0.15) is 6.61 Å². The van der Waals surface area contributed by atoms with Crippen molar-refractivity contribution in [2.75, 3.05) is 19.7 Å². The second-order valence-corrected chi connectivity index (χ2v) is 10.2. The first-order valence-electron chi connectivity index (χ1n) is 12.6. The van der Waals surface area contributed by atoms with Crippen molar-refractivity contribution in [2.45, 2.75) is 56.4 Å². The van der Waals surface area contributed by atoms with Gasteiger partial charge in [0, 0.05) is 24.9 Å². The fourth-order valence-corrected chi connectivity index (χ4v) is 5.98. The molecule has 2 fully saturated rings. The number of amides is 2. The molecular formula is C28H32N2O5. The standard InChI is InChI=1S/C28H32N2O5/c31-25(30-16-19(17-30)14-26(32)33)15-28(12-6-1-7-13-28)29-27(34)35-18-24-22-10-4-2-8-20(22)21-9-3-5-11-23(21)24/h2-5,8-11,19,24H,1,6-7,12-18H2,(H,29,34)(H,32,33). The van der Waals surface area contributed by atoms with Crippen molar-refractivity contribution in [1.82, 2.24) is 10.2 Å². The zero-order chi connectivity index (χ0) is 24.4. The van der Waals surface area contributed by atoms with Crippen molar-refractivity contribution >= 4 is 18.0 Å². The number of nitrogens with one attached hydrogen (secondary N) is 1. The van der Waals surface area contributed by atoms with Gasteiger partial charge in [0.2, 0.25) is 5.91 Å². The van der Waals surface area contributed by atoms with Gasteiger partial charge < -0.3 is 20.1 Å². The molecule has 35 heavy (non-hydrogen) atoms. The van der Waals surface area contributed by atoms with E-state index in [0.717, 1.165) is 43.2 Å². The number of benzene rings is 2. The van der Waals surface area contributed by atoms with Gasteiger partial charge >= 0.3 is 12.1 Å². The minimum absolute atomic E-state index is 0.00987. The molecule has 184 valence electrons. The van der Waals surface area contributed by atoms with Gasteiger partial charge in [-0.1, -0.05) is 67.8 Å². The number of aliphatic carboxylic acids is 1. The van der Waals surface area contributed by atoms with E-state index in [1.54, 1.807) is 4.90 Å². The normalized spacial score (nSPS) is 18.8. The molecule has 2 aromatic carbocycles. The van der Waals surface area contributed by atoms with Gasteiger partial charge in [0.25, 0.3) is 0 Å². The van der Waals surface area contributed by atoms with Crippen LogP contribution in [0.2, 0.25) is 0 Å². The number of ether oxygens (including phenoxy) is 1. The lowest BCUT2D eigenvalue weighted by molar-refractivity contribution is -0.146. The van der Waals surface area contributed by atoms with E-state index in [0.29, 0.717) is 13.1 Å². The summed E-state index contributed by atoms with van der Waals surface area (Å²) in [5, 5.41) is 12.0. The van der Waals surface area contributed by atoms with Crippen LogP contribution in [0.25, 0.3) is 11.1 Å². The number of hydrogen-bond acceptors (Lipinski definition) is 4. The van der Waals surface area contributed by atoms with Crippen molar-refractivity contribution in [1.29, 1.82) is 0 Å². The summed E-state index contributed by atoms with van der Waals surface area (Å²) in [6.07, 6.45) is 4.34. The van der Waals surface area contributed by atoms with Crippen LogP contribution >= 0.6 is 0 Å². The first-order valence-corrected chi connectivity index (χ1v) is 12.6. The molecule has 3 aliphatic rings. The summed E-state index contributed by atoms with van der Waals surface area (Å²) in [7, 11) is 0. The molecule has 7 heteroatoms. The molecular weight excluding hydrogens is 444 g/mol. The van der Waals surface area contributed by atoms with E-state index >= 15 is 0 Å². The van der Waals surface area contributed by atoms with Crippen molar-refractivity contribution in [3.05, 3.63) is 59.7 Å². The summed E-state index contributed by atoms with van der Waals surface area (Å²) in [6.45, 7) is 1.20. The number of rotatable bonds is 7. The minimum Gasteiger partial charge on any atom is -0.481 e. The number of carbonyl (C=O) groups is 3. The van der Waals surface area contributed by atoms with Crippen LogP contribution in [0.4, 0.5) is 4.79 Å². The summed E-state index contributed by atoms with van der Waals surface area (Å²) >= 11 is 0. The maximum Gasteiger partial charge on any atom is 0.407 e. The SMILES string of the molecule is O=C(O)CC1CN(C(=O)CC2(NC(=O)OCC3c4ccccc4-c4ccccc43)CCCCC2)C1. The van der Waals surface area contributed by atoms with Crippen LogP contribution in [0.1, 0.15) is 62.0 Å². The molecule has 1 heterocycles. The Balaban J connectivity index is 1.21. The highest BCUT2D eigenvalue weighted by molar-refractivity contribution is 5.81. The second kappa shape index (κ2) is 9.72. The molecule has 2 amide bonds. The number of carbonyl (C=O) groups excluding carboxylic acids is 2. The maximum atomic E-state index is 13.0. The quantitative estimate of drug-likeness (QED) is 0.611. The maximum absolute atomic E-state index is 13.0. The van der Waals surface area contributed by atoms with E-state index in [9.17, 15) is 14.4 Å². The van der Waals surface area contributed by atoms with Gasteiger partial charge in [-0.25, -0.2) is 4.79 Å². The first-order chi connectivity index (χ1) is 16.9. The fourth-order valence-electron chi connectivity index (χ4n) is 5.98. The number of nitrogens with zero attached hydrogens (tertiary/aromatic N) is 1. The number of fused-ring (bicyclic) bond motifs is 3. The zero-order valence-electron chi connectivity index (χ0n) is 19.9. The predicted octanol–water partition coefficient (Wildman–Crippen LogP) is 4.55. The van der Waals surface area contributed by atoms with Crippen molar-refractivity contribution in [3.63, 3.8) is 0 Å². The first kappa shape index (κ1) is 23.4. The van der Waals surface area contributed by atoms with Crippen LogP contribution < -0.4 is 5.32 Å². The van der Waals surface area contributed by atoms with E-state index in [1.807, 2.05) is 24.3 Å². The third-order valence-electron chi connectivity index (χ3n) is 7.78. The van der Waals surface area contributed by atoms with Gasteiger partial charge in [-0.15, -0.1) is 0 Å². The number of likely N-dealkylation sites (tertiary alicyclic amines) is 1. The molecule has 1 saturated heterocycles. The van der Waals surface area contributed by atoms with Crippen molar-refractivity contribution in [3.8, 4) is 11.1 Å². The molecule has 1 aliphatic heterocycles. The van der Waals surface area contributed by atoms with Gasteiger partial charge in [0.05, 0.1) is 18.4 Å². The van der Waals surface area contributed by atoms with E-state index in [1.165, 1.54) is 11.1 Å². The number of hydrogen-bond donors (Lipinski definition) is 2. The Hall–Kier alpha value is -3.35. The lowest BCUT2D eigenvalue weighted by Crippen LogP contribution is -2.56. The lowest BCUT2D eigenvalue weighted by Gasteiger charge is -2.43. The van der Waals surface area contributed by atoms with Crippen LogP contribution in [-0.2, 0) is 14.3 Å². The highest BCUT2D eigenvalue weighted by atomic mass is 16.5. The average Bonchev–Trinajstić information content (AvgIpc) is 3.14. The summed E-state index contributed by atoms with van der Waals surface area (Å²) in [5.41, 5.74) is 4.09. The lowest BCUT2D eigenvalue weighted by atomic mass is 9.78. The Morgan fingerprint density at radius 2 is 1.54 bits per heavy atom. The third kappa shape index (κ3) is 4.90. The monoisotopic (exact) mass is 476 g/mol. The molecule has 1 saturated carbocycles. The Labute approximate surface area is 205 Å². The minimum atomic E-state index is -0.831. The number of carboxylic acids is 1. The molecule has 0 aromatic heterocycles. The molecule has 0 unspecified atom stereocenters. The molecule has 7 nitrogen and oxygen atoms in total. The van der Waals surface area contributed by atoms with Crippen LogP contribution in [0.5, 0.6) is 0 Å². The Kier molecular flexibility index (Phi) is 6.50. The highest BCUT2D eigenvalue weighted by Crippen LogP contribution is 2.44. The summed E-state index contributed by atoms with van der Waals surface area (Å²) in [6, 6.07) is 16.5. The zero-order valence-corrected chi connectivity index (χ0v) is 19.9. The Morgan fingerprint density at radius 3 is 2.14 bits per heavy atom. The topological polar surface area (TPSA) is 95.9 Å². The van der Waals surface area contributed by atoms with Crippen LogP contribution in [0.15, 0.2) is 48.5 Å². The van der Waals surface area contributed by atoms with Crippen LogP contribution in [0, 0.1) is 5.92 Å². The molecule has 0 atom stereocenters. The van der Waals surface area contributed by atoms with E-state index in [4.69, 9.17) is 9.84 Å². The molecule has 2 N–H and O–H groups in total. The largest absolute Gasteiger partial charge is 0.481 e. The van der Waals surface area contributed by atoms with Gasteiger partial charge in [0.15, 0.2) is 0 Å². The van der Waals surface area contributed by atoms with Crippen molar-refractivity contribution < 1.29 is 24.2 Å². The Morgan fingerprint density at radius 1 is 0.943 bits per heavy atom. The number of carboxylic acid groups (broad SMARTS) is 1. The smallest absolute Gasteiger partial charge is 0.407 e. The van der Waals surface area contributed by atoms with E-state index in [-0.39, 0.29) is 37.2 Å².